The van der Waals surface area contributed by atoms with Gasteiger partial charge in [-0.25, -0.2) is 0 Å². The molecule has 98 valence electrons. The molecule has 2 heterocycles. The van der Waals surface area contributed by atoms with Gasteiger partial charge in [-0.3, -0.25) is 0 Å². The quantitative estimate of drug-likeness (QED) is 0.680. The molecule has 0 spiro atoms. The summed E-state index contributed by atoms with van der Waals surface area (Å²) >= 11 is 3.72. The first-order valence-corrected chi connectivity index (χ1v) is 8.45. The van der Waals surface area contributed by atoms with E-state index in [0.29, 0.717) is 6.04 Å². The first kappa shape index (κ1) is 13.8. The van der Waals surface area contributed by atoms with Crippen LogP contribution in [0.15, 0.2) is 35.0 Å². The second-order valence-corrected chi connectivity index (χ2v) is 6.52. The zero-order valence-electron chi connectivity index (χ0n) is 10.9. The molecule has 0 aromatic carbocycles. The molecule has 0 saturated heterocycles. The van der Waals surface area contributed by atoms with Crippen LogP contribution in [0.4, 0.5) is 0 Å². The molecule has 0 aliphatic heterocycles. The molecule has 1 atom stereocenters. The summed E-state index contributed by atoms with van der Waals surface area (Å²) in [7, 11) is 0. The summed E-state index contributed by atoms with van der Waals surface area (Å²) < 4.78 is 0. The standard InChI is InChI=1S/C15H21NS2/c1-2-3-4-9-16-14(15-8-6-11-18-15)12-13-7-5-10-17-13/h5-8,10-11,14,16H,2-4,9,12H2,1H3. The lowest BCUT2D eigenvalue weighted by Crippen LogP contribution is -2.23. The van der Waals surface area contributed by atoms with Crippen molar-refractivity contribution in [1.82, 2.24) is 5.32 Å². The molecule has 0 aliphatic rings. The number of unbranched alkanes of at least 4 members (excludes halogenated alkanes) is 2. The highest BCUT2D eigenvalue weighted by molar-refractivity contribution is 7.10. The molecular weight excluding hydrogens is 258 g/mol. The number of hydrogen-bond donors (Lipinski definition) is 1. The van der Waals surface area contributed by atoms with Crippen LogP contribution in [-0.2, 0) is 6.42 Å². The maximum Gasteiger partial charge on any atom is 0.0463 e. The van der Waals surface area contributed by atoms with E-state index in [-0.39, 0.29) is 0 Å². The molecule has 0 aliphatic carbocycles. The van der Waals surface area contributed by atoms with Crippen molar-refractivity contribution >= 4 is 22.7 Å². The summed E-state index contributed by atoms with van der Waals surface area (Å²) in [5, 5.41) is 8.05. The van der Waals surface area contributed by atoms with E-state index in [2.05, 4.69) is 47.3 Å². The third-order valence-electron chi connectivity index (χ3n) is 3.04. The molecular formula is C15H21NS2. The summed E-state index contributed by atoms with van der Waals surface area (Å²) in [5.74, 6) is 0. The van der Waals surface area contributed by atoms with Gasteiger partial charge in [0, 0.05) is 22.2 Å². The van der Waals surface area contributed by atoms with E-state index in [1.165, 1.54) is 29.0 Å². The second-order valence-electron chi connectivity index (χ2n) is 4.51. The van der Waals surface area contributed by atoms with Crippen molar-refractivity contribution in [3.05, 3.63) is 44.8 Å². The number of thiophene rings is 2. The molecule has 2 aromatic rings. The molecule has 2 rings (SSSR count). The topological polar surface area (TPSA) is 12.0 Å². The molecule has 3 heteroatoms. The molecule has 1 unspecified atom stereocenters. The first-order chi connectivity index (χ1) is 8.90. The Bertz CT molecular complexity index is 406. The first-order valence-electron chi connectivity index (χ1n) is 6.69. The van der Waals surface area contributed by atoms with Crippen molar-refractivity contribution < 1.29 is 0 Å². The third kappa shape index (κ3) is 4.23. The molecule has 18 heavy (non-hydrogen) atoms. The van der Waals surface area contributed by atoms with Crippen LogP contribution in [-0.4, -0.2) is 6.54 Å². The van der Waals surface area contributed by atoms with Crippen molar-refractivity contribution in [1.29, 1.82) is 0 Å². The molecule has 0 saturated carbocycles. The Kier molecular flexibility index (Phi) is 5.91. The average Bonchev–Trinajstić information content (AvgIpc) is 3.05. The Balaban J connectivity index is 1.91. The van der Waals surface area contributed by atoms with Crippen LogP contribution in [0.5, 0.6) is 0 Å². The van der Waals surface area contributed by atoms with Gasteiger partial charge in [0.05, 0.1) is 0 Å². The van der Waals surface area contributed by atoms with Gasteiger partial charge in [0.15, 0.2) is 0 Å². The van der Waals surface area contributed by atoms with Crippen LogP contribution in [0, 0.1) is 0 Å². The van der Waals surface area contributed by atoms with Crippen LogP contribution in [0.1, 0.15) is 42.0 Å². The second kappa shape index (κ2) is 7.72. The van der Waals surface area contributed by atoms with E-state index in [1.807, 2.05) is 22.7 Å². The molecule has 1 nitrogen and oxygen atoms in total. The highest BCUT2D eigenvalue weighted by Gasteiger charge is 2.12. The van der Waals surface area contributed by atoms with E-state index in [1.54, 1.807) is 0 Å². The van der Waals surface area contributed by atoms with Gasteiger partial charge < -0.3 is 5.32 Å². The van der Waals surface area contributed by atoms with Crippen LogP contribution >= 0.6 is 22.7 Å². The van der Waals surface area contributed by atoms with Crippen molar-refractivity contribution in [2.24, 2.45) is 0 Å². The third-order valence-corrected chi connectivity index (χ3v) is 4.93. The van der Waals surface area contributed by atoms with Crippen molar-refractivity contribution in [3.63, 3.8) is 0 Å². The van der Waals surface area contributed by atoms with Gasteiger partial charge in [0.1, 0.15) is 0 Å². The Labute approximate surface area is 118 Å². The van der Waals surface area contributed by atoms with Crippen LogP contribution in [0.2, 0.25) is 0 Å². The van der Waals surface area contributed by atoms with E-state index >= 15 is 0 Å². The zero-order valence-corrected chi connectivity index (χ0v) is 12.5. The Morgan fingerprint density at radius 3 is 2.61 bits per heavy atom. The lowest BCUT2D eigenvalue weighted by atomic mass is 10.1. The summed E-state index contributed by atoms with van der Waals surface area (Å²) in [5.41, 5.74) is 0. The monoisotopic (exact) mass is 279 g/mol. The largest absolute Gasteiger partial charge is 0.309 e. The fourth-order valence-corrected chi connectivity index (χ4v) is 3.60. The summed E-state index contributed by atoms with van der Waals surface area (Å²) in [6.45, 7) is 3.38. The van der Waals surface area contributed by atoms with E-state index in [9.17, 15) is 0 Å². The van der Waals surface area contributed by atoms with Crippen LogP contribution < -0.4 is 5.32 Å². The Hall–Kier alpha value is -0.640. The van der Waals surface area contributed by atoms with Crippen molar-refractivity contribution in [3.8, 4) is 0 Å². The minimum Gasteiger partial charge on any atom is -0.309 e. The predicted molar refractivity (Wildman–Crippen MR) is 82.6 cm³/mol. The summed E-state index contributed by atoms with van der Waals surface area (Å²) in [6.07, 6.45) is 5.01. The van der Waals surface area contributed by atoms with Gasteiger partial charge in [0.2, 0.25) is 0 Å². The van der Waals surface area contributed by atoms with Crippen molar-refractivity contribution in [2.45, 2.75) is 38.6 Å². The predicted octanol–water partition coefficient (Wildman–Crippen LogP) is 4.87. The van der Waals surface area contributed by atoms with Gasteiger partial charge >= 0.3 is 0 Å². The molecule has 1 N–H and O–H groups in total. The number of rotatable bonds is 8. The number of hydrogen-bond acceptors (Lipinski definition) is 3. The highest BCUT2D eigenvalue weighted by Crippen LogP contribution is 2.24. The smallest absolute Gasteiger partial charge is 0.0463 e. The fraction of sp³-hybridized carbons (Fsp3) is 0.467. The van der Waals surface area contributed by atoms with Crippen LogP contribution in [0.3, 0.4) is 0 Å². The van der Waals surface area contributed by atoms with E-state index in [0.717, 1.165) is 13.0 Å². The molecule has 0 amide bonds. The van der Waals surface area contributed by atoms with Gasteiger partial charge in [-0.05, 0) is 35.9 Å². The molecule has 0 bridgehead atoms. The minimum absolute atomic E-state index is 0.487. The normalized spacial score (nSPS) is 12.7. The zero-order chi connectivity index (χ0) is 12.6. The summed E-state index contributed by atoms with van der Waals surface area (Å²) in [4.78, 5) is 2.93. The summed E-state index contributed by atoms with van der Waals surface area (Å²) in [6, 6.07) is 9.26. The minimum atomic E-state index is 0.487. The van der Waals surface area contributed by atoms with Crippen LogP contribution in [0.25, 0.3) is 0 Å². The Morgan fingerprint density at radius 2 is 1.94 bits per heavy atom. The van der Waals surface area contributed by atoms with Gasteiger partial charge in [-0.1, -0.05) is 31.9 Å². The SMILES string of the molecule is CCCCCNC(Cc1cccs1)c1cccs1. The lowest BCUT2D eigenvalue weighted by molar-refractivity contribution is 0.519. The van der Waals surface area contributed by atoms with E-state index < -0.39 is 0 Å². The maximum absolute atomic E-state index is 3.71. The lowest BCUT2D eigenvalue weighted by Gasteiger charge is -2.16. The van der Waals surface area contributed by atoms with Gasteiger partial charge in [-0.2, -0.15) is 0 Å². The fourth-order valence-electron chi connectivity index (χ4n) is 2.04. The average molecular weight is 279 g/mol. The maximum atomic E-state index is 3.71. The van der Waals surface area contributed by atoms with Gasteiger partial charge in [-0.15, -0.1) is 22.7 Å². The van der Waals surface area contributed by atoms with Crippen molar-refractivity contribution in [2.75, 3.05) is 6.54 Å². The number of nitrogens with one attached hydrogen (secondary N) is 1. The Morgan fingerprint density at radius 1 is 1.11 bits per heavy atom. The van der Waals surface area contributed by atoms with E-state index in [4.69, 9.17) is 0 Å². The molecule has 0 radical (unpaired) electrons. The van der Waals surface area contributed by atoms with Gasteiger partial charge in [0.25, 0.3) is 0 Å². The molecule has 0 fully saturated rings. The molecule has 2 aromatic heterocycles. The highest BCUT2D eigenvalue weighted by atomic mass is 32.1.